The molecule has 1 aromatic heterocycles. The molecule has 0 amide bonds. The van der Waals surface area contributed by atoms with Crippen molar-refractivity contribution >= 4 is 11.6 Å². The summed E-state index contributed by atoms with van der Waals surface area (Å²) in [5.41, 5.74) is 5.72. The lowest BCUT2D eigenvalue weighted by molar-refractivity contribution is 0.194. The van der Waals surface area contributed by atoms with Gasteiger partial charge in [0.25, 0.3) is 0 Å². The van der Waals surface area contributed by atoms with Gasteiger partial charge in [0.15, 0.2) is 11.6 Å². The SMILES string of the molecule is CN1CCCCC1CNc1nccnc1N. The first kappa shape index (κ1) is 11.1. The lowest BCUT2D eigenvalue weighted by atomic mass is 10.0. The number of likely N-dealkylation sites (N-methyl/N-ethyl adjacent to an activating group) is 1. The Morgan fingerprint density at radius 3 is 3.00 bits per heavy atom. The van der Waals surface area contributed by atoms with Crippen molar-refractivity contribution in [2.24, 2.45) is 0 Å². The highest BCUT2D eigenvalue weighted by molar-refractivity contribution is 5.54. The van der Waals surface area contributed by atoms with Crippen LogP contribution < -0.4 is 11.1 Å². The molecule has 0 bridgehead atoms. The third-order valence-corrected chi connectivity index (χ3v) is 3.15. The Morgan fingerprint density at radius 2 is 2.25 bits per heavy atom. The van der Waals surface area contributed by atoms with E-state index in [1.807, 2.05) is 0 Å². The minimum Gasteiger partial charge on any atom is -0.381 e. The molecule has 5 nitrogen and oxygen atoms in total. The van der Waals surface area contributed by atoms with E-state index in [1.165, 1.54) is 25.8 Å². The van der Waals surface area contributed by atoms with Crippen molar-refractivity contribution in [1.29, 1.82) is 0 Å². The summed E-state index contributed by atoms with van der Waals surface area (Å²) in [6.07, 6.45) is 7.12. The molecule has 1 aliphatic rings. The Labute approximate surface area is 96.1 Å². The maximum Gasteiger partial charge on any atom is 0.168 e. The number of nitrogens with one attached hydrogen (secondary N) is 1. The van der Waals surface area contributed by atoms with Gasteiger partial charge in [0, 0.05) is 25.0 Å². The van der Waals surface area contributed by atoms with Gasteiger partial charge >= 0.3 is 0 Å². The number of nitrogens with zero attached hydrogens (tertiary/aromatic N) is 3. The van der Waals surface area contributed by atoms with Gasteiger partial charge in [-0.3, -0.25) is 0 Å². The minimum atomic E-state index is 0.473. The molecule has 1 saturated heterocycles. The summed E-state index contributed by atoms with van der Waals surface area (Å²) in [5, 5.41) is 3.27. The predicted octanol–water partition coefficient (Wildman–Crippen LogP) is 0.955. The molecular formula is C11H19N5. The second-order valence-electron chi connectivity index (χ2n) is 4.30. The van der Waals surface area contributed by atoms with Crippen molar-refractivity contribution in [1.82, 2.24) is 14.9 Å². The van der Waals surface area contributed by atoms with E-state index in [-0.39, 0.29) is 0 Å². The number of anilines is 2. The second-order valence-corrected chi connectivity index (χ2v) is 4.30. The molecule has 1 aliphatic heterocycles. The molecule has 88 valence electrons. The van der Waals surface area contributed by atoms with E-state index < -0.39 is 0 Å². The fourth-order valence-corrected chi connectivity index (χ4v) is 2.10. The zero-order chi connectivity index (χ0) is 11.4. The fraction of sp³-hybridized carbons (Fsp3) is 0.636. The number of rotatable bonds is 3. The van der Waals surface area contributed by atoms with Crippen LogP contribution in [-0.2, 0) is 0 Å². The molecule has 2 rings (SSSR count). The molecule has 1 atom stereocenters. The third kappa shape index (κ3) is 2.61. The van der Waals surface area contributed by atoms with Gasteiger partial charge in [-0.05, 0) is 26.4 Å². The van der Waals surface area contributed by atoms with Crippen LogP contribution in [0.5, 0.6) is 0 Å². The van der Waals surface area contributed by atoms with E-state index in [1.54, 1.807) is 12.4 Å². The molecule has 0 aromatic carbocycles. The van der Waals surface area contributed by atoms with Crippen molar-refractivity contribution in [3.8, 4) is 0 Å². The number of hydrogen-bond donors (Lipinski definition) is 2. The summed E-state index contributed by atoms with van der Waals surface area (Å²) < 4.78 is 0. The van der Waals surface area contributed by atoms with E-state index >= 15 is 0 Å². The first-order chi connectivity index (χ1) is 7.77. The molecule has 1 fully saturated rings. The quantitative estimate of drug-likeness (QED) is 0.795. The van der Waals surface area contributed by atoms with Crippen LogP contribution in [0.15, 0.2) is 12.4 Å². The van der Waals surface area contributed by atoms with Crippen LogP contribution in [0, 0.1) is 0 Å². The molecule has 16 heavy (non-hydrogen) atoms. The van der Waals surface area contributed by atoms with Gasteiger partial charge < -0.3 is 16.0 Å². The lowest BCUT2D eigenvalue weighted by Crippen LogP contribution is -2.40. The Kier molecular flexibility index (Phi) is 3.56. The van der Waals surface area contributed by atoms with Gasteiger partial charge in [-0.1, -0.05) is 6.42 Å². The summed E-state index contributed by atoms with van der Waals surface area (Å²) >= 11 is 0. The van der Waals surface area contributed by atoms with Crippen LogP contribution in [0.1, 0.15) is 19.3 Å². The maximum absolute atomic E-state index is 5.72. The fourth-order valence-electron chi connectivity index (χ4n) is 2.10. The molecule has 3 N–H and O–H groups in total. The number of nitrogen functional groups attached to an aromatic ring is 1. The van der Waals surface area contributed by atoms with Gasteiger partial charge in [-0.25, -0.2) is 9.97 Å². The number of nitrogens with two attached hydrogens (primary N) is 1. The number of piperidine rings is 1. The van der Waals surface area contributed by atoms with Crippen molar-refractivity contribution in [2.75, 3.05) is 31.2 Å². The summed E-state index contributed by atoms with van der Waals surface area (Å²) in [6, 6.07) is 0.579. The van der Waals surface area contributed by atoms with E-state index in [4.69, 9.17) is 5.73 Å². The minimum absolute atomic E-state index is 0.473. The number of hydrogen-bond acceptors (Lipinski definition) is 5. The van der Waals surface area contributed by atoms with Crippen LogP contribution in [0.25, 0.3) is 0 Å². The van der Waals surface area contributed by atoms with Gasteiger partial charge in [-0.15, -0.1) is 0 Å². The van der Waals surface area contributed by atoms with Gasteiger partial charge in [0.2, 0.25) is 0 Å². The van der Waals surface area contributed by atoms with Crippen LogP contribution in [0.4, 0.5) is 11.6 Å². The summed E-state index contributed by atoms with van der Waals surface area (Å²) in [7, 11) is 2.17. The number of aromatic nitrogens is 2. The second kappa shape index (κ2) is 5.12. The highest BCUT2D eigenvalue weighted by Gasteiger charge is 2.18. The third-order valence-electron chi connectivity index (χ3n) is 3.15. The molecule has 0 spiro atoms. The molecule has 0 saturated carbocycles. The van der Waals surface area contributed by atoms with Gasteiger partial charge in [0.1, 0.15) is 0 Å². The Hall–Kier alpha value is -1.36. The molecule has 1 unspecified atom stereocenters. The van der Waals surface area contributed by atoms with Crippen LogP contribution in [0.2, 0.25) is 0 Å². The summed E-state index contributed by atoms with van der Waals surface area (Å²) in [4.78, 5) is 10.6. The van der Waals surface area contributed by atoms with E-state index in [9.17, 15) is 0 Å². The van der Waals surface area contributed by atoms with E-state index in [0.29, 0.717) is 17.7 Å². The molecule has 2 heterocycles. The highest BCUT2D eigenvalue weighted by Crippen LogP contribution is 2.16. The average molecular weight is 221 g/mol. The highest BCUT2D eigenvalue weighted by atomic mass is 15.2. The topological polar surface area (TPSA) is 67.1 Å². The van der Waals surface area contributed by atoms with Gasteiger partial charge in [-0.2, -0.15) is 0 Å². The monoisotopic (exact) mass is 221 g/mol. The lowest BCUT2D eigenvalue weighted by Gasteiger charge is -2.32. The molecule has 1 aromatic rings. The zero-order valence-electron chi connectivity index (χ0n) is 9.69. The Balaban J connectivity index is 1.89. The first-order valence-electron chi connectivity index (χ1n) is 5.78. The van der Waals surface area contributed by atoms with Crippen molar-refractivity contribution < 1.29 is 0 Å². The zero-order valence-corrected chi connectivity index (χ0v) is 9.69. The van der Waals surface area contributed by atoms with E-state index in [0.717, 1.165) is 6.54 Å². The molecule has 0 aliphatic carbocycles. The Bertz CT molecular complexity index is 341. The van der Waals surface area contributed by atoms with Crippen molar-refractivity contribution in [3.63, 3.8) is 0 Å². The summed E-state index contributed by atoms with van der Waals surface area (Å²) in [5.74, 6) is 1.17. The van der Waals surface area contributed by atoms with Crippen LogP contribution >= 0.6 is 0 Å². The average Bonchev–Trinajstić information content (AvgIpc) is 2.30. The van der Waals surface area contributed by atoms with Crippen molar-refractivity contribution in [2.45, 2.75) is 25.3 Å². The molecule has 5 heteroatoms. The predicted molar refractivity (Wildman–Crippen MR) is 65.2 cm³/mol. The molecular weight excluding hydrogens is 202 g/mol. The molecule has 0 radical (unpaired) electrons. The number of likely N-dealkylation sites (tertiary alicyclic amines) is 1. The van der Waals surface area contributed by atoms with Crippen LogP contribution in [0.3, 0.4) is 0 Å². The van der Waals surface area contributed by atoms with Crippen molar-refractivity contribution in [3.05, 3.63) is 12.4 Å². The van der Waals surface area contributed by atoms with E-state index in [2.05, 4.69) is 27.2 Å². The van der Waals surface area contributed by atoms with Gasteiger partial charge in [0.05, 0.1) is 0 Å². The maximum atomic E-state index is 5.72. The largest absolute Gasteiger partial charge is 0.381 e. The Morgan fingerprint density at radius 1 is 1.44 bits per heavy atom. The van der Waals surface area contributed by atoms with Crippen LogP contribution in [-0.4, -0.2) is 41.0 Å². The first-order valence-corrected chi connectivity index (χ1v) is 5.78. The smallest absolute Gasteiger partial charge is 0.168 e. The standard InChI is InChI=1S/C11H19N5/c1-16-7-3-2-4-9(16)8-15-11-10(12)13-5-6-14-11/h5-6,9H,2-4,7-8H2,1H3,(H2,12,13)(H,14,15). The summed E-state index contributed by atoms with van der Waals surface area (Å²) in [6.45, 7) is 2.07. The normalized spacial score (nSPS) is 21.9.